The number of halogens is 3. The Morgan fingerprint density at radius 2 is 1.82 bits per heavy atom. The van der Waals surface area contributed by atoms with Crippen LogP contribution < -0.4 is 20.1 Å². The number of fused-ring (bicyclic) bond motifs is 4. The van der Waals surface area contributed by atoms with Crippen molar-refractivity contribution in [1.82, 2.24) is 9.55 Å². The highest BCUT2D eigenvalue weighted by atomic mass is 19.4. The van der Waals surface area contributed by atoms with E-state index in [1.54, 1.807) is 6.92 Å². The van der Waals surface area contributed by atoms with Gasteiger partial charge in [0.2, 0.25) is 5.95 Å². The molecular weight excluding hydrogens is 497 g/mol. The molecule has 4 aromatic rings. The summed E-state index contributed by atoms with van der Waals surface area (Å²) >= 11 is 0. The number of imidazole rings is 1. The Morgan fingerprint density at radius 1 is 1.03 bits per heavy atom. The second kappa shape index (κ2) is 9.13. The zero-order valence-electron chi connectivity index (χ0n) is 20.3. The van der Waals surface area contributed by atoms with Gasteiger partial charge in [-0.15, -0.1) is 0 Å². The first-order valence-corrected chi connectivity index (χ1v) is 12.1. The summed E-state index contributed by atoms with van der Waals surface area (Å²) in [6, 6.07) is 17.0. The molecule has 0 aliphatic carbocycles. The van der Waals surface area contributed by atoms with Crippen LogP contribution in [0.5, 0.6) is 11.5 Å². The number of allylic oxidation sites excluding steroid dienone is 1. The molecule has 194 valence electrons. The summed E-state index contributed by atoms with van der Waals surface area (Å²) in [5, 5.41) is 5.88. The van der Waals surface area contributed by atoms with Gasteiger partial charge >= 0.3 is 6.18 Å². The highest BCUT2D eigenvalue weighted by Gasteiger charge is 2.35. The summed E-state index contributed by atoms with van der Waals surface area (Å²) in [7, 11) is 0. The number of nitrogens with zero attached hydrogens (tertiary/aromatic N) is 2. The van der Waals surface area contributed by atoms with Crippen molar-refractivity contribution in [3.8, 4) is 11.5 Å². The zero-order chi connectivity index (χ0) is 26.4. The molecule has 2 N–H and O–H groups in total. The van der Waals surface area contributed by atoms with Gasteiger partial charge in [0.05, 0.1) is 41.4 Å². The Balaban J connectivity index is 1.47. The van der Waals surface area contributed by atoms with Gasteiger partial charge in [0.15, 0.2) is 11.5 Å². The monoisotopic (exact) mass is 520 g/mol. The molecule has 3 heterocycles. The van der Waals surface area contributed by atoms with Gasteiger partial charge in [-0.3, -0.25) is 9.36 Å². The Kier molecular flexibility index (Phi) is 5.74. The van der Waals surface area contributed by atoms with E-state index < -0.39 is 23.7 Å². The van der Waals surface area contributed by atoms with E-state index in [0.29, 0.717) is 41.9 Å². The fraction of sp³-hybridized carbons (Fsp3) is 0.214. The Labute approximate surface area is 215 Å². The van der Waals surface area contributed by atoms with Gasteiger partial charge in [-0.2, -0.15) is 13.2 Å². The number of anilines is 2. The first kappa shape index (κ1) is 23.9. The third kappa shape index (κ3) is 4.21. The van der Waals surface area contributed by atoms with Crippen LogP contribution in [-0.2, 0) is 11.0 Å². The molecule has 1 aromatic heterocycles. The van der Waals surface area contributed by atoms with Crippen LogP contribution in [0.2, 0.25) is 0 Å². The Bertz CT molecular complexity index is 1590. The second-order valence-corrected chi connectivity index (χ2v) is 9.15. The normalized spacial score (nSPS) is 17.0. The summed E-state index contributed by atoms with van der Waals surface area (Å²) in [6.07, 6.45) is -3.78. The van der Waals surface area contributed by atoms with Gasteiger partial charge in [0, 0.05) is 17.8 Å². The smallest absolute Gasteiger partial charge is 0.416 e. The Hall–Kier alpha value is -4.47. The fourth-order valence-electron chi connectivity index (χ4n) is 4.90. The molecule has 0 bridgehead atoms. The number of para-hydroxylation sites is 2. The van der Waals surface area contributed by atoms with E-state index in [0.717, 1.165) is 35.2 Å². The molecule has 0 radical (unpaired) electrons. The van der Waals surface area contributed by atoms with E-state index >= 15 is 0 Å². The quantitative estimate of drug-likeness (QED) is 0.339. The molecule has 2 aliphatic heterocycles. The molecule has 0 saturated carbocycles. The average Bonchev–Trinajstić information content (AvgIpc) is 3.08. The average molecular weight is 521 g/mol. The van der Waals surface area contributed by atoms with Gasteiger partial charge in [-0.05, 0) is 55.0 Å². The van der Waals surface area contributed by atoms with E-state index in [1.165, 1.54) is 12.1 Å². The molecule has 2 aliphatic rings. The molecule has 0 saturated heterocycles. The summed E-state index contributed by atoms with van der Waals surface area (Å²) in [4.78, 5) is 18.5. The lowest BCUT2D eigenvalue weighted by Crippen LogP contribution is -2.31. The lowest BCUT2D eigenvalue weighted by atomic mass is 9.93. The van der Waals surface area contributed by atoms with E-state index in [9.17, 15) is 18.0 Å². The van der Waals surface area contributed by atoms with Crippen molar-refractivity contribution in [2.75, 3.05) is 23.8 Å². The first-order chi connectivity index (χ1) is 18.3. The largest absolute Gasteiger partial charge is 0.490 e. The molecule has 3 aromatic carbocycles. The number of alkyl halides is 3. The van der Waals surface area contributed by atoms with Crippen molar-refractivity contribution in [2.24, 2.45) is 0 Å². The van der Waals surface area contributed by atoms with Crippen molar-refractivity contribution < 1.29 is 27.4 Å². The van der Waals surface area contributed by atoms with E-state index in [2.05, 4.69) is 10.6 Å². The van der Waals surface area contributed by atoms with E-state index in [1.807, 2.05) is 47.0 Å². The molecule has 1 unspecified atom stereocenters. The molecule has 6 rings (SSSR count). The van der Waals surface area contributed by atoms with E-state index in [4.69, 9.17) is 14.5 Å². The minimum atomic E-state index is -4.53. The van der Waals surface area contributed by atoms with E-state index in [-0.39, 0.29) is 5.69 Å². The van der Waals surface area contributed by atoms with Crippen molar-refractivity contribution >= 4 is 28.6 Å². The number of carbonyl (C=O) groups excluding carboxylic acids is 1. The molecule has 7 nitrogen and oxygen atoms in total. The SMILES string of the molecule is CC1=C(C(=O)Nc2cccc(C(F)(F)F)c2)C(c2ccc3c(c2)OCCCO3)n2c(nc3ccccc32)N1. The van der Waals surface area contributed by atoms with Crippen LogP contribution in [0, 0.1) is 0 Å². The maximum atomic E-state index is 13.8. The number of ether oxygens (including phenoxy) is 2. The number of hydrogen-bond acceptors (Lipinski definition) is 5. The highest BCUT2D eigenvalue weighted by molar-refractivity contribution is 6.06. The van der Waals surface area contributed by atoms with Crippen LogP contribution in [0.3, 0.4) is 0 Å². The van der Waals surface area contributed by atoms with Crippen molar-refractivity contribution in [2.45, 2.75) is 25.6 Å². The van der Waals surface area contributed by atoms with Crippen LogP contribution in [0.15, 0.2) is 78.0 Å². The van der Waals surface area contributed by atoms with Gasteiger partial charge in [0.1, 0.15) is 0 Å². The lowest BCUT2D eigenvalue weighted by Gasteiger charge is -2.31. The van der Waals surface area contributed by atoms with Gasteiger partial charge in [-0.1, -0.05) is 24.3 Å². The number of benzene rings is 3. The van der Waals surface area contributed by atoms with Gasteiger partial charge in [0.25, 0.3) is 5.91 Å². The summed E-state index contributed by atoms with van der Waals surface area (Å²) in [6.45, 7) is 2.79. The number of amides is 1. The predicted octanol–water partition coefficient (Wildman–Crippen LogP) is 6.14. The van der Waals surface area contributed by atoms with Crippen molar-refractivity contribution in [1.29, 1.82) is 0 Å². The summed E-state index contributed by atoms with van der Waals surface area (Å²) < 4.78 is 53.5. The summed E-state index contributed by atoms with van der Waals surface area (Å²) in [5.41, 5.74) is 2.36. The van der Waals surface area contributed by atoms with Crippen LogP contribution >= 0.6 is 0 Å². The van der Waals surface area contributed by atoms with Gasteiger partial charge in [-0.25, -0.2) is 4.98 Å². The number of hydrogen-bond donors (Lipinski definition) is 2. The Morgan fingerprint density at radius 3 is 2.63 bits per heavy atom. The minimum Gasteiger partial charge on any atom is -0.490 e. The predicted molar refractivity (Wildman–Crippen MR) is 136 cm³/mol. The standard InChI is InChI=1S/C28H23F3N4O3/c1-16-24(26(36)33-19-7-4-6-18(15-19)28(29,30)31)25(17-10-11-22-23(14-17)38-13-5-12-37-22)35-21-9-3-2-8-20(21)34-27(35)32-16/h2-4,6-11,14-15,25H,5,12-13H2,1H3,(H,32,34)(H,33,36). The number of carbonyl (C=O) groups is 1. The molecule has 0 fully saturated rings. The molecule has 10 heteroatoms. The van der Waals surface area contributed by atoms with Crippen LogP contribution in [-0.4, -0.2) is 28.7 Å². The molecular formula is C28H23F3N4O3. The van der Waals surface area contributed by atoms with Crippen LogP contribution in [0.1, 0.15) is 30.5 Å². The number of rotatable bonds is 3. The molecule has 1 atom stereocenters. The number of aromatic nitrogens is 2. The topological polar surface area (TPSA) is 77.4 Å². The van der Waals surface area contributed by atoms with Gasteiger partial charge < -0.3 is 20.1 Å². The lowest BCUT2D eigenvalue weighted by molar-refractivity contribution is -0.137. The molecule has 1 amide bonds. The second-order valence-electron chi connectivity index (χ2n) is 9.15. The zero-order valence-corrected chi connectivity index (χ0v) is 20.3. The fourth-order valence-corrected chi connectivity index (χ4v) is 4.90. The van der Waals surface area contributed by atoms with Crippen molar-refractivity contribution in [3.63, 3.8) is 0 Å². The molecule has 0 spiro atoms. The third-order valence-corrected chi connectivity index (χ3v) is 6.61. The van der Waals surface area contributed by atoms with Crippen LogP contribution in [0.25, 0.3) is 11.0 Å². The van der Waals surface area contributed by atoms with Crippen LogP contribution in [0.4, 0.5) is 24.8 Å². The number of nitrogens with one attached hydrogen (secondary N) is 2. The van der Waals surface area contributed by atoms with Crippen molar-refractivity contribution in [3.05, 3.63) is 89.1 Å². The maximum Gasteiger partial charge on any atom is 0.416 e. The maximum absolute atomic E-state index is 13.8. The summed E-state index contributed by atoms with van der Waals surface area (Å²) in [5.74, 6) is 1.21. The third-order valence-electron chi connectivity index (χ3n) is 6.61. The minimum absolute atomic E-state index is 0.0452. The molecule has 38 heavy (non-hydrogen) atoms. The first-order valence-electron chi connectivity index (χ1n) is 12.1. The highest BCUT2D eigenvalue weighted by Crippen LogP contribution is 2.42.